The molecular weight excluding hydrogens is 420 g/mol. The molecule has 0 saturated carbocycles. The van der Waals surface area contributed by atoms with Gasteiger partial charge in [-0.1, -0.05) is 6.07 Å². The summed E-state index contributed by atoms with van der Waals surface area (Å²) in [5.41, 5.74) is 10.6. The average molecular weight is 442 g/mol. The van der Waals surface area contributed by atoms with E-state index in [0.717, 1.165) is 17.9 Å². The van der Waals surface area contributed by atoms with Gasteiger partial charge in [0.2, 0.25) is 0 Å². The molecule has 1 unspecified atom stereocenters. The van der Waals surface area contributed by atoms with Crippen LogP contribution in [0.15, 0.2) is 65.4 Å². The molecule has 1 fully saturated rings. The van der Waals surface area contributed by atoms with E-state index in [9.17, 15) is 4.79 Å². The molecule has 3 N–H and O–H groups in total. The van der Waals surface area contributed by atoms with Crippen LogP contribution in [0.5, 0.6) is 0 Å². The lowest BCUT2D eigenvalue weighted by molar-refractivity contribution is 0.0974. The number of likely N-dealkylation sites (tertiary alicyclic amines) is 1. The number of rotatable bonds is 6. The number of benzene rings is 1. The number of nitrogens with zero attached hydrogens (tertiary/aromatic N) is 6. The molecular formula is C23H22N8O2. The number of carbonyl (C=O) groups is 1. The van der Waals surface area contributed by atoms with Gasteiger partial charge in [-0.25, -0.2) is 14.5 Å². The van der Waals surface area contributed by atoms with Gasteiger partial charge in [-0.15, -0.1) is 0 Å². The van der Waals surface area contributed by atoms with Crippen LogP contribution in [0.4, 0.5) is 17.2 Å². The lowest BCUT2D eigenvalue weighted by Gasteiger charge is -2.57. The Hall–Kier alpha value is -4.34. The molecule has 3 aromatic heterocycles. The van der Waals surface area contributed by atoms with Crippen molar-refractivity contribution in [2.24, 2.45) is 5.73 Å². The maximum Gasteiger partial charge on any atom is 0.284 e. The molecule has 1 amide bonds. The van der Waals surface area contributed by atoms with E-state index in [1.54, 1.807) is 16.8 Å². The summed E-state index contributed by atoms with van der Waals surface area (Å²) in [4.78, 5) is 25.0. The van der Waals surface area contributed by atoms with Crippen LogP contribution in [-0.4, -0.2) is 49.0 Å². The third-order valence-electron chi connectivity index (χ3n) is 6.12. The third kappa shape index (κ3) is 3.02. The zero-order chi connectivity index (χ0) is 22.7. The van der Waals surface area contributed by atoms with Crippen LogP contribution >= 0.6 is 0 Å². The van der Waals surface area contributed by atoms with Gasteiger partial charge in [0.05, 0.1) is 23.6 Å². The molecule has 2 aliphatic heterocycles. The topological polar surface area (TPSA) is 118 Å². The van der Waals surface area contributed by atoms with Crippen molar-refractivity contribution in [2.45, 2.75) is 25.9 Å². The first-order valence-corrected chi connectivity index (χ1v) is 10.7. The number of carbonyl (C=O) groups excluding carboxylic acids is 1. The quantitative estimate of drug-likeness (QED) is 0.468. The van der Waals surface area contributed by atoms with Crippen LogP contribution in [0.25, 0.3) is 16.9 Å². The Kier molecular flexibility index (Phi) is 4.16. The maximum absolute atomic E-state index is 11.4. The Morgan fingerprint density at radius 3 is 2.88 bits per heavy atom. The highest BCUT2D eigenvalue weighted by atomic mass is 16.3. The van der Waals surface area contributed by atoms with E-state index in [0.29, 0.717) is 34.8 Å². The van der Waals surface area contributed by atoms with Crippen molar-refractivity contribution in [1.82, 2.24) is 24.5 Å². The summed E-state index contributed by atoms with van der Waals surface area (Å²) in [6.45, 7) is 5.49. The summed E-state index contributed by atoms with van der Waals surface area (Å²) >= 11 is 0. The van der Waals surface area contributed by atoms with E-state index in [2.05, 4.69) is 62.4 Å². The molecule has 166 valence electrons. The van der Waals surface area contributed by atoms with Gasteiger partial charge in [-0.05, 0) is 38.1 Å². The van der Waals surface area contributed by atoms with E-state index in [4.69, 9.17) is 10.2 Å². The summed E-state index contributed by atoms with van der Waals surface area (Å²) < 4.78 is 6.88. The predicted molar refractivity (Wildman–Crippen MR) is 123 cm³/mol. The Morgan fingerprint density at radius 2 is 2.15 bits per heavy atom. The van der Waals surface area contributed by atoms with E-state index in [1.165, 1.54) is 18.3 Å². The van der Waals surface area contributed by atoms with Gasteiger partial charge in [-0.2, -0.15) is 5.10 Å². The molecule has 33 heavy (non-hydrogen) atoms. The fourth-order valence-electron chi connectivity index (χ4n) is 4.35. The number of fused-ring (bicyclic) bond motifs is 2. The maximum atomic E-state index is 11.4. The lowest BCUT2D eigenvalue weighted by atomic mass is 9.92. The van der Waals surface area contributed by atoms with Crippen molar-refractivity contribution in [3.05, 3.63) is 66.8 Å². The summed E-state index contributed by atoms with van der Waals surface area (Å²) in [5, 5.41) is 7.67. The molecule has 10 heteroatoms. The number of aromatic nitrogens is 4. The second-order valence-electron chi connectivity index (χ2n) is 8.45. The number of primary amides is 1. The summed E-state index contributed by atoms with van der Waals surface area (Å²) in [6, 6.07) is 10.8. The van der Waals surface area contributed by atoms with E-state index >= 15 is 0 Å². The van der Waals surface area contributed by atoms with E-state index in [1.807, 2.05) is 12.1 Å². The molecule has 0 radical (unpaired) electrons. The van der Waals surface area contributed by atoms with Gasteiger partial charge in [-0.3, -0.25) is 4.79 Å². The third-order valence-corrected chi connectivity index (χ3v) is 6.12. The first kappa shape index (κ1) is 19.4. The van der Waals surface area contributed by atoms with Gasteiger partial charge < -0.3 is 25.3 Å². The van der Waals surface area contributed by atoms with Crippen molar-refractivity contribution in [3.8, 4) is 11.3 Å². The number of furan rings is 1. The van der Waals surface area contributed by atoms with Crippen LogP contribution in [0.2, 0.25) is 0 Å². The van der Waals surface area contributed by atoms with E-state index in [-0.39, 0.29) is 5.76 Å². The first-order chi connectivity index (χ1) is 16.0. The molecule has 1 aromatic carbocycles. The molecule has 0 spiro atoms. The lowest BCUT2D eigenvalue weighted by Crippen LogP contribution is -2.64. The summed E-state index contributed by atoms with van der Waals surface area (Å²) in [7, 11) is 0. The highest BCUT2D eigenvalue weighted by molar-refractivity contribution is 5.91. The second kappa shape index (κ2) is 7.09. The summed E-state index contributed by atoms with van der Waals surface area (Å²) in [6.07, 6.45) is 6.77. The van der Waals surface area contributed by atoms with Crippen molar-refractivity contribution >= 4 is 28.7 Å². The molecule has 6 rings (SSSR count). The zero-order valence-electron chi connectivity index (χ0n) is 18.1. The molecule has 5 heterocycles. The number of nitrogens with one attached hydrogen (secondary N) is 1. The molecule has 2 aliphatic rings. The van der Waals surface area contributed by atoms with Gasteiger partial charge in [0.15, 0.2) is 17.2 Å². The number of hydrogen-bond donors (Lipinski definition) is 2. The Labute approximate surface area is 189 Å². The minimum Gasteiger partial charge on any atom is -0.458 e. The number of nitrogens with two attached hydrogens (primary N) is 1. The largest absolute Gasteiger partial charge is 0.458 e. The highest BCUT2D eigenvalue weighted by Gasteiger charge is 2.44. The Balaban J connectivity index is 1.27. The fourth-order valence-corrected chi connectivity index (χ4v) is 4.35. The average Bonchev–Trinajstić information content (AvgIpc) is 3.46. The minimum absolute atomic E-state index is 0.0726. The van der Waals surface area contributed by atoms with Crippen LogP contribution in [-0.2, 0) is 0 Å². The first-order valence-electron chi connectivity index (χ1n) is 10.7. The van der Waals surface area contributed by atoms with Gasteiger partial charge in [0.1, 0.15) is 12.6 Å². The zero-order valence-corrected chi connectivity index (χ0v) is 18.1. The normalized spacial score (nSPS) is 16.9. The predicted octanol–water partition coefficient (Wildman–Crippen LogP) is 2.98. The fraction of sp³-hybridized carbons (Fsp3) is 0.217. The van der Waals surface area contributed by atoms with Crippen molar-refractivity contribution < 1.29 is 9.21 Å². The van der Waals surface area contributed by atoms with E-state index < -0.39 is 5.91 Å². The van der Waals surface area contributed by atoms with Gasteiger partial charge in [0, 0.05) is 35.7 Å². The second-order valence-corrected chi connectivity index (χ2v) is 8.45. The summed E-state index contributed by atoms with van der Waals surface area (Å²) in [5.74, 6) is 0.00939. The highest BCUT2D eigenvalue weighted by Crippen LogP contribution is 2.41. The van der Waals surface area contributed by atoms with Gasteiger partial charge >= 0.3 is 0 Å². The number of hydrogen-bond acceptors (Lipinski definition) is 8. The van der Waals surface area contributed by atoms with Crippen molar-refractivity contribution in [2.75, 3.05) is 16.8 Å². The minimum atomic E-state index is -0.634. The molecule has 0 aliphatic carbocycles. The molecule has 1 saturated heterocycles. The number of amides is 1. The van der Waals surface area contributed by atoms with Crippen molar-refractivity contribution in [3.63, 3.8) is 0 Å². The van der Waals surface area contributed by atoms with Crippen LogP contribution in [0.1, 0.15) is 24.4 Å². The van der Waals surface area contributed by atoms with Crippen LogP contribution < -0.4 is 16.0 Å². The molecule has 1 atom stereocenters. The standard InChI is InChI=1S/C23H22N8O2/c1-13(2)29-9-19-18(29)10-30(19)16-5-3-4-15(7-16)28-22-23-26-12-27-31(23)17(8-25-22)14-6-20(21(24)32)33-11-14/h3-8,10-13,19H,9H2,1-2H3,(H2,24,32)(H,25,28). The Bertz CT molecular complexity index is 1420. The van der Waals surface area contributed by atoms with Gasteiger partial charge in [0.25, 0.3) is 5.91 Å². The molecule has 10 nitrogen and oxygen atoms in total. The van der Waals surface area contributed by atoms with Crippen LogP contribution in [0, 0.1) is 0 Å². The monoisotopic (exact) mass is 442 g/mol. The number of anilines is 3. The molecule has 0 bridgehead atoms. The van der Waals surface area contributed by atoms with Crippen LogP contribution in [0.3, 0.4) is 0 Å². The van der Waals surface area contributed by atoms with Crippen molar-refractivity contribution in [1.29, 1.82) is 0 Å². The Morgan fingerprint density at radius 1 is 1.27 bits per heavy atom. The smallest absolute Gasteiger partial charge is 0.284 e. The SMILES string of the molecule is CC(C)N1CC2C1=CN2c1cccc(Nc2ncc(-c3coc(C(N)=O)c3)n3ncnc23)c1. The molecule has 4 aromatic rings.